The van der Waals surface area contributed by atoms with Crippen molar-refractivity contribution < 1.29 is 28.0 Å². The quantitative estimate of drug-likeness (QED) is 0.658. The third kappa shape index (κ3) is 5.07. The second-order valence-corrected chi connectivity index (χ2v) is 9.34. The molecule has 0 saturated carbocycles. The minimum atomic E-state index is -1.23. The van der Waals surface area contributed by atoms with Crippen molar-refractivity contribution in [2.45, 2.75) is 52.7 Å². The molecule has 36 heavy (non-hydrogen) atoms. The number of rotatable bonds is 6. The molecular weight excluding hydrogens is 470 g/mol. The van der Waals surface area contributed by atoms with Gasteiger partial charge in [0.2, 0.25) is 11.8 Å². The smallest absolute Gasteiger partial charge is 0.273 e. The fraction of sp³-hybridized carbons (Fsp3) is 0.385. The minimum Gasteiger partial charge on any atom is -0.339 e. The van der Waals surface area contributed by atoms with Crippen LogP contribution in [0.1, 0.15) is 56.6 Å². The number of likely N-dealkylation sites (N-methyl/N-ethyl adjacent to an activating group) is 1. The molecule has 0 aliphatic carbocycles. The zero-order chi connectivity index (χ0) is 26.9. The first-order valence-electron chi connectivity index (χ1n) is 11.6. The van der Waals surface area contributed by atoms with Crippen molar-refractivity contribution in [1.82, 2.24) is 15.3 Å². The molecule has 2 aromatic carbocycles. The molecule has 0 bridgehead atoms. The number of anilines is 1. The second-order valence-electron chi connectivity index (χ2n) is 9.34. The lowest BCUT2D eigenvalue weighted by Crippen LogP contribution is -2.55. The number of halogens is 2. The van der Waals surface area contributed by atoms with Crippen molar-refractivity contribution in [3.63, 3.8) is 0 Å². The zero-order valence-electron chi connectivity index (χ0n) is 21.1. The summed E-state index contributed by atoms with van der Waals surface area (Å²) in [7, 11) is 1.45. The average Bonchev–Trinajstić information content (AvgIpc) is 2.85. The average molecular weight is 501 g/mol. The Morgan fingerprint density at radius 1 is 1.00 bits per heavy atom. The predicted octanol–water partition coefficient (Wildman–Crippen LogP) is 3.44. The first kappa shape index (κ1) is 26.8. The van der Waals surface area contributed by atoms with Gasteiger partial charge in [0, 0.05) is 31.6 Å². The van der Waals surface area contributed by atoms with Crippen molar-refractivity contribution in [1.29, 1.82) is 0 Å². The third-order valence-corrected chi connectivity index (χ3v) is 6.02. The Morgan fingerprint density at radius 2 is 1.58 bits per heavy atom. The Bertz CT molecular complexity index is 1180. The molecule has 1 aliphatic heterocycles. The van der Waals surface area contributed by atoms with E-state index in [0.29, 0.717) is 11.6 Å². The van der Waals surface area contributed by atoms with Crippen LogP contribution in [0, 0.1) is 17.6 Å². The van der Waals surface area contributed by atoms with Crippen LogP contribution in [0.2, 0.25) is 0 Å². The number of hydrogen-bond acceptors (Lipinski definition) is 4. The highest BCUT2D eigenvalue weighted by atomic mass is 19.1. The van der Waals surface area contributed by atoms with Crippen molar-refractivity contribution in [2.75, 3.05) is 11.9 Å². The molecule has 1 N–H and O–H groups in total. The molecular formula is C26H30F2N4O4. The van der Waals surface area contributed by atoms with Crippen LogP contribution in [0.25, 0.3) is 0 Å². The number of nitrogens with one attached hydrogen (secondary N) is 1. The largest absolute Gasteiger partial charge is 0.339 e. The van der Waals surface area contributed by atoms with E-state index in [4.69, 9.17) is 0 Å². The summed E-state index contributed by atoms with van der Waals surface area (Å²) in [6.45, 7) is 8.07. The third-order valence-electron chi connectivity index (χ3n) is 6.02. The molecule has 1 aliphatic rings. The van der Waals surface area contributed by atoms with Gasteiger partial charge in [-0.1, -0.05) is 32.0 Å². The summed E-state index contributed by atoms with van der Waals surface area (Å²) in [5.41, 5.74) is 0.440. The van der Waals surface area contributed by atoms with Crippen molar-refractivity contribution in [2.24, 2.45) is 5.92 Å². The lowest BCUT2D eigenvalue weighted by atomic mass is 9.96. The van der Waals surface area contributed by atoms with E-state index in [1.54, 1.807) is 52.0 Å². The molecule has 1 heterocycles. The fourth-order valence-corrected chi connectivity index (χ4v) is 4.51. The number of fused-ring (bicyclic) bond motifs is 1. The van der Waals surface area contributed by atoms with E-state index in [-0.39, 0.29) is 17.3 Å². The van der Waals surface area contributed by atoms with Gasteiger partial charge in [-0.05, 0) is 43.5 Å². The molecule has 0 aromatic heterocycles. The van der Waals surface area contributed by atoms with Gasteiger partial charge in [-0.3, -0.25) is 29.1 Å². The first-order chi connectivity index (χ1) is 16.8. The molecule has 0 fully saturated rings. The summed E-state index contributed by atoms with van der Waals surface area (Å²) in [6.07, 6.45) is 0. The van der Waals surface area contributed by atoms with E-state index >= 15 is 0 Å². The summed E-state index contributed by atoms with van der Waals surface area (Å²) in [5, 5.41) is 5.18. The van der Waals surface area contributed by atoms with Crippen LogP contribution in [0.4, 0.5) is 14.5 Å². The molecule has 10 heteroatoms. The molecule has 0 spiro atoms. The standard InChI is InChI=1S/C26H30F2N4O4/c1-14(2)23(31(16(5)33)19-12-17(27)11-18(28)13-19)24(34)29-22-20-9-7-8-10-21(20)25(35)32(15(3)4)30(6)26(22)36/h7-15,22-23H,1-6H3,(H,29,34)/t22?,23-/m0/s1. The molecule has 1 unspecified atom stereocenters. The summed E-state index contributed by atoms with van der Waals surface area (Å²) in [5.74, 6) is -4.57. The van der Waals surface area contributed by atoms with E-state index in [1.165, 1.54) is 24.0 Å². The predicted molar refractivity (Wildman–Crippen MR) is 130 cm³/mol. The molecule has 3 rings (SSSR count). The van der Waals surface area contributed by atoms with Crippen molar-refractivity contribution >= 4 is 29.3 Å². The van der Waals surface area contributed by atoms with Gasteiger partial charge >= 0.3 is 0 Å². The Balaban J connectivity index is 2.07. The highest BCUT2D eigenvalue weighted by Gasteiger charge is 2.41. The minimum absolute atomic E-state index is 0.125. The van der Waals surface area contributed by atoms with E-state index in [9.17, 15) is 28.0 Å². The molecule has 0 radical (unpaired) electrons. The maximum atomic E-state index is 14.0. The number of hydrogen-bond donors (Lipinski definition) is 1. The van der Waals surface area contributed by atoms with Crippen LogP contribution in [0.15, 0.2) is 42.5 Å². The molecule has 2 aromatic rings. The fourth-order valence-electron chi connectivity index (χ4n) is 4.51. The highest BCUT2D eigenvalue weighted by Crippen LogP contribution is 2.29. The first-order valence-corrected chi connectivity index (χ1v) is 11.6. The number of carbonyl (C=O) groups excluding carboxylic acids is 4. The van der Waals surface area contributed by atoms with Gasteiger partial charge in [0.1, 0.15) is 23.7 Å². The van der Waals surface area contributed by atoms with Crippen molar-refractivity contribution in [3.8, 4) is 0 Å². The maximum absolute atomic E-state index is 14.0. The van der Waals surface area contributed by atoms with E-state index in [2.05, 4.69) is 5.32 Å². The maximum Gasteiger partial charge on any atom is 0.273 e. The normalized spacial score (nSPS) is 16.7. The van der Waals surface area contributed by atoms with E-state index in [0.717, 1.165) is 17.0 Å². The van der Waals surface area contributed by atoms with E-state index in [1.807, 2.05) is 0 Å². The van der Waals surface area contributed by atoms with Crippen LogP contribution in [-0.2, 0) is 14.4 Å². The van der Waals surface area contributed by atoms with E-state index < -0.39 is 53.3 Å². The van der Waals surface area contributed by atoms with Gasteiger partial charge in [-0.25, -0.2) is 13.8 Å². The van der Waals surface area contributed by atoms with Crippen LogP contribution < -0.4 is 10.2 Å². The van der Waals surface area contributed by atoms with Gasteiger partial charge in [0.15, 0.2) is 0 Å². The summed E-state index contributed by atoms with van der Waals surface area (Å²) in [6, 6.07) is 6.31. The molecule has 4 amide bonds. The number of hydrazine groups is 1. The summed E-state index contributed by atoms with van der Waals surface area (Å²) >= 11 is 0. The zero-order valence-corrected chi connectivity index (χ0v) is 21.1. The lowest BCUT2D eigenvalue weighted by Gasteiger charge is -2.35. The molecule has 0 saturated heterocycles. The van der Waals surface area contributed by atoms with Gasteiger partial charge in [0.25, 0.3) is 11.8 Å². The lowest BCUT2D eigenvalue weighted by molar-refractivity contribution is -0.147. The van der Waals surface area contributed by atoms with Gasteiger partial charge in [-0.2, -0.15) is 0 Å². The SMILES string of the molecule is CC(=O)N(c1cc(F)cc(F)c1)[C@H](C(=O)NC1C(=O)N(C)N(C(C)C)C(=O)c2ccccc21)C(C)C. The summed E-state index contributed by atoms with van der Waals surface area (Å²) < 4.78 is 27.9. The number of carbonyl (C=O) groups is 4. The highest BCUT2D eigenvalue weighted by molar-refractivity contribution is 6.04. The van der Waals surface area contributed by atoms with Gasteiger partial charge in [-0.15, -0.1) is 0 Å². The van der Waals surface area contributed by atoms with Crippen LogP contribution in [0.5, 0.6) is 0 Å². The molecule has 192 valence electrons. The topological polar surface area (TPSA) is 90.0 Å². The Morgan fingerprint density at radius 3 is 2.11 bits per heavy atom. The molecule has 8 nitrogen and oxygen atoms in total. The van der Waals surface area contributed by atoms with Gasteiger partial charge in [0.05, 0.1) is 5.69 Å². The number of nitrogens with zero attached hydrogens (tertiary/aromatic N) is 3. The second kappa shape index (κ2) is 10.4. The number of amides is 4. The molecule has 2 atom stereocenters. The summed E-state index contributed by atoms with van der Waals surface area (Å²) in [4.78, 5) is 54.0. The van der Waals surface area contributed by atoms with Crippen LogP contribution in [-0.4, -0.2) is 52.8 Å². The van der Waals surface area contributed by atoms with Crippen LogP contribution in [0.3, 0.4) is 0 Å². The monoisotopic (exact) mass is 500 g/mol. The Kier molecular flexibility index (Phi) is 7.76. The van der Waals surface area contributed by atoms with Gasteiger partial charge < -0.3 is 5.32 Å². The van der Waals surface area contributed by atoms with Crippen molar-refractivity contribution in [3.05, 3.63) is 65.2 Å². The van der Waals surface area contributed by atoms with Crippen LogP contribution >= 0.6 is 0 Å². The Hall–Kier alpha value is -3.82. The Labute approximate surface area is 208 Å². The number of benzene rings is 2.